The predicted molar refractivity (Wildman–Crippen MR) is 81.7 cm³/mol. The Kier molecular flexibility index (Phi) is 4.72. The molecule has 4 nitrogen and oxygen atoms in total. The second-order valence-corrected chi connectivity index (χ2v) is 4.77. The van der Waals surface area contributed by atoms with Crippen LogP contribution in [-0.2, 0) is 4.79 Å². The minimum Gasteiger partial charge on any atom is -0.480 e. The van der Waals surface area contributed by atoms with Gasteiger partial charge in [0, 0.05) is 5.69 Å². The zero-order valence-electron chi connectivity index (χ0n) is 12.0. The van der Waals surface area contributed by atoms with Crippen LogP contribution in [0.25, 0.3) is 0 Å². The van der Waals surface area contributed by atoms with Crippen LogP contribution in [0.5, 0.6) is 5.75 Å². The third-order valence-electron chi connectivity index (χ3n) is 3.00. The quantitative estimate of drug-likeness (QED) is 0.857. The van der Waals surface area contributed by atoms with Gasteiger partial charge in [-0.15, -0.1) is 0 Å². The minimum atomic E-state index is -0.702. The van der Waals surface area contributed by atoms with E-state index in [0.717, 1.165) is 11.3 Å². The van der Waals surface area contributed by atoms with Gasteiger partial charge in [0.25, 0.3) is 5.91 Å². The molecule has 0 heterocycles. The molecular formula is C17H17NO3. The van der Waals surface area contributed by atoms with Gasteiger partial charge in [-0.05, 0) is 43.7 Å². The topological polar surface area (TPSA) is 55.4 Å². The van der Waals surface area contributed by atoms with E-state index in [9.17, 15) is 9.59 Å². The number of rotatable bonds is 5. The van der Waals surface area contributed by atoms with E-state index >= 15 is 0 Å². The van der Waals surface area contributed by atoms with Crippen molar-refractivity contribution < 1.29 is 14.3 Å². The Morgan fingerprint density at radius 1 is 1.19 bits per heavy atom. The molecule has 2 rings (SSSR count). The SMILES string of the molecule is Cc1cccc(NC(=O)C(C)Oc2ccccc2C=O)c1. The molecule has 2 aromatic carbocycles. The van der Waals surface area contributed by atoms with Crippen LogP contribution in [0.4, 0.5) is 5.69 Å². The summed E-state index contributed by atoms with van der Waals surface area (Å²) in [6.45, 7) is 3.60. The number of hydrogen-bond acceptors (Lipinski definition) is 3. The molecule has 0 aliphatic rings. The summed E-state index contributed by atoms with van der Waals surface area (Å²) in [6.07, 6.45) is 0.00663. The van der Waals surface area contributed by atoms with Crippen molar-refractivity contribution in [2.24, 2.45) is 0 Å². The summed E-state index contributed by atoms with van der Waals surface area (Å²) in [7, 11) is 0. The van der Waals surface area contributed by atoms with Gasteiger partial charge in [0.05, 0.1) is 5.56 Å². The Morgan fingerprint density at radius 3 is 2.67 bits per heavy atom. The molecule has 0 aliphatic heterocycles. The predicted octanol–water partition coefficient (Wildman–Crippen LogP) is 3.21. The maximum Gasteiger partial charge on any atom is 0.265 e. The Hall–Kier alpha value is -2.62. The van der Waals surface area contributed by atoms with Crippen molar-refractivity contribution in [3.8, 4) is 5.75 Å². The molecule has 0 saturated carbocycles. The lowest BCUT2D eigenvalue weighted by atomic mass is 10.2. The van der Waals surface area contributed by atoms with Crippen LogP contribution in [0.2, 0.25) is 0 Å². The fraction of sp³-hybridized carbons (Fsp3) is 0.176. The summed E-state index contributed by atoms with van der Waals surface area (Å²) in [5.74, 6) is 0.140. The number of amides is 1. The first-order chi connectivity index (χ1) is 10.1. The normalized spacial score (nSPS) is 11.5. The standard InChI is InChI=1S/C17H17NO3/c1-12-6-5-8-15(10-12)18-17(20)13(2)21-16-9-4-3-7-14(16)11-19/h3-11,13H,1-2H3,(H,18,20). The molecule has 1 atom stereocenters. The molecule has 0 aromatic heterocycles. The summed E-state index contributed by atoms with van der Waals surface area (Å²) >= 11 is 0. The molecule has 0 spiro atoms. The monoisotopic (exact) mass is 283 g/mol. The van der Waals surface area contributed by atoms with Gasteiger partial charge in [-0.25, -0.2) is 0 Å². The van der Waals surface area contributed by atoms with E-state index in [1.807, 2.05) is 31.2 Å². The summed E-state index contributed by atoms with van der Waals surface area (Å²) in [6, 6.07) is 14.3. The molecule has 0 fully saturated rings. The number of hydrogen-bond donors (Lipinski definition) is 1. The van der Waals surface area contributed by atoms with Gasteiger partial charge in [0.1, 0.15) is 5.75 Å². The van der Waals surface area contributed by atoms with Crippen molar-refractivity contribution in [1.82, 2.24) is 0 Å². The first-order valence-electron chi connectivity index (χ1n) is 6.68. The van der Waals surface area contributed by atoms with Gasteiger partial charge in [-0.1, -0.05) is 24.3 Å². The summed E-state index contributed by atoms with van der Waals surface area (Å²) < 4.78 is 5.56. The van der Waals surface area contributed by atoms with Crippen LogP contribution in [0, 0.1) is 6.92 Å². The van der Waals surface area contributed by atoms with Crippen LogP contribution in [0.15, 0.2) is 48.5 Å². The number of nitrogens with one attached hydrogen (secondary N) is 1. The molecule has 108 valence electrons. The lowest BCUT2D eigenvalue weighted by Gasteiger charge is -2.16. The van der Waals surface area contributed by atoms with Gasteiger partial charge in [-0.3, -0.25) is 9.59 Å². The van der Waals surface area contributed by atoms with Crippen LogP contribution >= 0.6 is 0 Å². The first-order valence-corrected chi connectivity index (χ1v) is 6.68. The molecule has 0 radical (unpaired) electrons. The third-order valence-corrected chi connectivity index (χ3v) is 3.00. The van der Waals surface area contributed by atoms with Crippen LogP contribution < -0.4 is 10.1 Å². The molecule has 2 aromatic rings. The summed E-state index contributed by atoms with van der Waals surface area (Å²) in [5.41, 5.74) is 2.21. The molecule has 1 N–H and O–H groups in total. The van der Waals surface area contributed by atoms with Gasteiger partial charge in [0.15, 0.2) is 12.4 Å². The summed E-state index contributed by atoms with van der Waals surface area (Å²) in [5, 5.41) is 2.79. The van der Waals surface area contributed by atoms with Gasteiger partial charge in [-0.2, -0.15) is 0 Å². The zero-order valence-corrected chi connectivity index (χ0v) is 12.0. The van der Waals surface area contributed by atoms with Crippen LogP contribution in [0.3, 0.4) is 0 Å². The van der Waals surface area contributed by atoms with E-state index in [-0.39, 0.29) is 5.91 Å². The lowest BCUT2D eigenvalue weighted by molar-refractivity contribution is -0.122. The van der Waals surface area contributed by atoms with E-state index < -0.39 is 6.10 Å². The molecule has 4 heteroatoms. The van der Waals surface area contributed by atoms with Crippen LogP contribution in [-0.4, -0.2) is 18.3 Å². The van der Waals surface area contributed by atoms with E-state index in [1.54, 1.807) is 31.2 Å². The number of aldehydes is 1. The van der Waals surface area contributed by atoms with Gasteiger partial charge in [0.2, 0.25) is 0 Å². The fourth-order valence-corrected chi connectivity index (χ4v) is 1.90. The van der Waals surface area contributed by atoms with Crippen molar-refractivity contribution in [1.29, 1.82) is 0 Å². The molecule has 0 bridgehead atoms. The molecule has 21 heavy (non-hydrogen) atoms. The number of para-hydroxylation sites is 1. The Labute approximate surface area is 123 Å². The van der Waals surface area contributed by atoms with E-state index in [2.05, 4.69) is 5.32 Å². The Morgan fingerprint density at radius 2 is 1.95 bits per heavy atom. The first kappa shape index (κ1) is 14.8. The number of anilines is 1. The number of carbonyl (C=O) groups excluding carboxylic acids is 2. The molecular weight excluding hydrogens is 266 g/mol. The van der Waals surface area contributed by atoms with Crippen molar-refractivity contribution in [3.63, 3.8) is 0 Å². The second-order valence-electron chi connectivity index (χ2n) is 4.77. The smallest absolute Gasteiger partial charge is 0.265 e. The maximum atomic E-state index is 12.1. The Bertz CT molecular complexity index is 652. The third kappa shape index (κ3) is 3.92. The number of aryl methyl sites for hydroxylation is 1. The number of ether oxygens (including phenoxy) is 1. The zero-order chi connectivity index (χ0) is 15.2. The Balaban J connectivity index is 2.04. The van der Waals surface area contributed by atoms with Crippen LogP contribution in [0.1, 0.15) is 22.8 Å². The van der Waals surface area contributed by atoms with Crippen molar-refractivity contribution in [2.75, 3.05) is 5.32 Å². The highest BCUT2D eigenvalue weighted by Crippen LogP contribution is 2.18. The maximum absolute atomic E-state index is 12.1. The largest absolute Gasteiger partial charge is 0.480 e. The van der Waals surface area contributed by atoms with E-state index in [1.165, 1.54) is 0 Å². The molecule has 1 unspecified atom stereocenters. The average Bonchev–Trinajstić information content (AvgIpc) is 2.47. The van der Waals surface area contributed by atoms with E-state index in [4.69, 9.17) is 4.74 Å². The highest BCUT2D eigenvalue weighted by Gasteiger charge is 2.16. The van der Waals surface area contributed by atoms with Crippen molar-refractivity contribution in [2.45, 2.75) is 20.0 Å². The van der Waals surface area contributed by atoms with Crippen molar-refractivity contribution in [3.05, 3.63) is 59.7 Å². The second kappa shape index (κ2) is 6.70. The number of benzene rings is 2. The highest BCUT2D eigenvalue weighted by molar-refractivity contribution is 5.94. The molecule has 0 saturated heterocycles. The summed E-state index contributed by atoms with van der Waals surface area (Å²) in [4.78, 5) is 23.0. The highest BCUT2D eigenvalue weighted by atomic mass is 16.5. The number of carbonyl (C=O) groups is 2. The van der Waals surface area contributed by atoms with Gasteiger partial charge < -0.3 is 10.1 Å². The van der Waals surface area contributed by atoms with Gasteiger partial charge >= 0.3 is 0 Å². The average molecular weight is 283 g/mol. The molecule has 1 amide bonds. The minimum absolute atomic E-state index is 0.263. The molecule has 0 aliphatic carbocycles. The van der Waals surface area contributed by atoms with E-state index in [0.29, 0.717) is 17.6 Å². The van der Waals surface area contributed by atoms with Crippen molar-refractivity contribution >= 4 is 17.9 Å². The lowest BCUT2D eigenvalue weighted by Crippen LogP contribution is -2.30. The fourth-order valence-electron chi connectivity index (χ4n) is 1.90.